The fourth-order valence-corrected chi connectivity index (χ4v) is 18.0. The summed E-state index contributed by atoms with van der Waals surface area (Å²) in [5.74, 6) is -1.14. The van der Waals surface area contributed by atoms with E-state index in [1.54, 1.807) is 6.08 Å². The summed E-state index contributed by atoms with van der Waals surface area (Å²) in [6.07, 6.45) is -44.4. The first-order valence-electron chi connectivity index (χ1n) is 48.0. The van der Waals surface area contributed by atoms with E-state index in [-0.39, 0.29) is 12.3 Å². The van der Waals surface area contributed by atoms with Gasteiger partial charge in [-0.1, -0.05) is 193 Å². The molecule has 45 heteroatoms. The highest BCUT2D eigenvalue weighted by molar-refractivity contribution is 5.76. The van der Waals surface area contributed by atoms with Gasteiger partial charge in [-0.05, 0) is 19.3 Å². The second-order valence-electron chi connectivity index (χ2n) is 36.2. The SMILES string of the molecule is CCCCCCCCCCCCC/C=C/[C@@H](O)[C@H](CO[C@@H]1OC(CO)[C@@H](O[C@@H]2OC(CO)[C@H](O[C@@H]3OC(CO)[C@H](O)[C@H](O[C@H]4OC(CO)[C@H](O)[C@H](O[C@H]5OC(CO)[C@H](O)[C@H](O[C@H]6OC(CO)[C@H](O)[C@H](O[C@H]7OC(CO)[C@H](O)[C@H](O[C@@H]8OC(CO)[C@H](O)[C@H](O)C8NC(C)=O)C7O)C6O)C5O)C4O)C3O)[C@H](O)C2O)[C@H](O)C1O)NC(=O)CCCCCCCCCCCCCCCCCCC. The Kier molecular flexibility index (Phi) is 51.9. The maximum absolute atomic E-state index is 13.6. The normalized spacial score (nSPS) is 40.3. The Bertz CT molecular complexity index is 3180. The highest BCUT2D eigenvalue weighted by Gasteiger charge is 2.61. The van der Waals surface area contributed by atoms with Gasteiger partial charge in [0, 0.05) is 13.3 Å². The highest BCUT2D eigenvalue weighted by atomic mass is 16.8. The van der Waals surface area contributed by atoms with Crippen molar-refractivity contribution in [3.8, 4) is 0 Å². The predicted octanol–water partition coefficient (Wildman–Crippen LogP) is -6.14. The number of nitrogens with one attached hydrogen (secondary N) is 2. The highest BCUT2D eigenvalue weighted by Crippen LogP contribution is 2.40. The van der Waals surface area contributed by atoms with Crippen molar-refractivity contribution < 1.29 is 213 Å². The van der Waals surface area contributed by atoms with E-state index in [2.05, 4.69) is 24.5 Å². The summed E-state index contributed by atoms with van der Waals surface area (Å²) in [4.78, 5) is 25.8. The first-order chi connectivity index (χ1) is 63.9. The Morgan fingerprint density at radius 3 is 0.865 bits per heavy atom. The number of carbonyl (C=O) groups excluding carboxylic acids is 2. The molecule has 0 aromatic rings. The number of unbranched alkanes of at least 4 members (excludes halogenated alkanes) is 27. The topological polar surface area (TPSA) is 712 Å². The van der Waals surface area contributed by atoms with E-state index in [4.69, 9.17) is 75.8 Å². The van der Waals surface area contributed by atoms with E-state index in [1.807, 2.05) is 6.08 Å². The molecule has 42 atom stereocenters. The predicted molar refractivity (Wildman–Crippen MR) is 457 cm³/mol. The van der Waals surface area contributed by atoms with Crippen LogP contribution < -0.4 is 10.6 Å². The zero-order valence-corrected chi connectivity index (χ0v) is 76.5. The molecule has 8 rings (SSSR count). The summed E-state index contributed by atoms with van der Waals surface area (Å²) in [6, 6.07) is -2.72. The van der Waals surface area contributed by atoms with Gasteiger partial charge in [-0.15, -0.1) is 0 Å². The molecule has 8 saturated heterocycles. The van der Waals surface area contributed by atoms with Crippen molar-refractivity contribution in [2.75, 3.05) is 59.5 Å². The van der Waals surface area contributed by atoms with Gasteiger partial charge in [-0.3, -0.25) is 9.59 Å². The average molecular weight is 1930 g/mol. The van der Waals surface area contributed by atoms with Crippen molar-refractivity contribution in [3.05, 3.63) is 12.2 Å². The van der Waals surface area contributed by atoms with Gasteiger partial charge in [-0.2, -0.15) is 0 Å². The number of rotatable bonds is 59. The molecule has 8 fully saturated rings. The molecule has 16 unspecified atom stereocenters. The third kappa shape index (κ3) is 32.8. The minimum absolute atomic E-state index is 0.163. The Morgan fingerprint density at radius 2 is 0.549 bits per heavy atom. The van der Waals surface area contributed by atoms with Gasteiger partial charge in [0.05, 0.1) is 71.6 Å². The maximum atomic E-state index is 13.6. The summed E-state index contributed by atoms with van der Waals surface area (Å²) in [7, 11) is 0. The minimum atomic E-state index is -2.40. The largest absolute Gasteiger partial charge is 0.394 e. The number of ether oxygens (including phenoxy) is 16. The van der Waals surface area contributed by atoms with Crippen molar-refractivity contribution in [2.45, 2.75) is 471 Å². The number of amides is 2. The van der Waals surface area contributed by atoms with Crippen LogP contribution in [0.25, 0.3) is 0 Å². The lowest BCUT2D eigenvalue weighted by Crippen LogP contribution is -2.69. The van der Waals surface area contributed by atoms with Crippen LogP contribution in [0.15, 0.2) is 12.2 Å². The van der Waals surface area contributed by atoms with E-state index in [1.165, 1.54) is 122 Å². The van der Waals surface area contributed by atoms with Gasteiger partial charge in [0.2, 0.25) is 11.8 Å². The van der Waals surface area contributed by atoms with Gasteiger partial charge < -0.3 is 214 Å². The number of carbonyl (C=O) groups is 2. The monoisotopic (exact) mass is 1930 g/mol. The smallest absolute Gasteiger partial charge is 0.220 e. The van der Waals surface area contributed by atoms with Gasteiger partial charge in [0.1, 0.15) is 195 Å². The molecule has 0 radical (unpaired) electrons. The van der Waals surface area contributed by atoms with Crippen molar-refractivity contribution in [2.24, 2.45) is 0 Å². The molecule has 2 amide bonds. The summed E-state index contributed by atoms with van der Waals surface area (Å²) >= 11 is 0. The fraction of sp³-hybridized carbons (Fsp3) is 0.955. The van der Waals surface area contributed by atoms with Crippen LogP contribution in [0.5, 0.6) is 0 Å². The molecule has 0 aromatic heterocycles. The molecule has 0 bridgehead atoms. The lowest BCUT2D eigenvalue weighted by molar-refractivity contribution is -0.401. The van der Waals surface area contributed by atoms with Crippen LogP contribution in [0, 0.1) is 0 Å². The van der Waals surface area contributed by atoms with E-state index in [0.717, 1.165) is 58.3 Å². The Labute approximate surface area is 775 Å². The zero-order chi connectivity index (χ0) is 97.1. The average Bonchev–Trinajstić information content (AvgIpc) is 0.766. The van der Waals surface area contributed by atoms with Crippen molar-refractivity contribution in [1.82, 2.24) is 10.6 Å². The molecule has 8 heterocycles. The van der Waals surface area contributed by atoms with Crippen molar-refractivity contribution in [3.63, 3.8) is 0 Å². The van der Waals surface area contributed by atoms with Gasteiger partial charge in [0.15, 0.2) is 50.3 Å². The van der Waals surface area contributed by atoms with Crippen LogP contribution in [0.4, 0.5) is 0 Å². The molecule has 778 valence electrons. The van der Waals surface area contributed by atoms with Crippen LogP contribution in [-0.4, -0.2) is 457 Å². The lowest BCUT2D eigenvalue weighted by atomic mass is 9.94. The Morgan fingerprint density at radius 1 is 0.293 bits per heavy atom. The number of aliphatic hydroxyl groups excluding tert-OH is 25. The molecule has 45 nitrogen and oxygen atoms in total. The second kappa shape index (κ2) is 59.8. The fourth-order valence-electron chi connectivity index (χ4n) is 18.0. The maximum Gasteiger partial charge on any atom is 0.220 e. The number of allylic oxidation sites excluding steroid dienone is 1. The lowest BCUT2D eigenvalue weighted by Gasteiger charge is -2.50. The molecule has 0 aromatic carbocycles. The van der Waals surface area contributed by atoms with Gasteiger partial charge in [-0.25, -0.2) is 0 Å². The molecule has 133 heavy (non-hydrogen) atoms. The zero-order valence-electron chi connectivity index (χ0n) is 76.5. The van der Waals surface area contributed by atoms with E-state index in [9.17, 15) is 137 Å². The molecule has 0 spiro atoms. The van der Waals surface area contributed by atoms with Crippen LogP contribution in [-0.2, 0) is 85.4 Å². The molecule has 0 aliphatic carbocycles. The van der Waals surface area contributed by atoms with Crippen LogP contribution in [0.2, 0.25) is 0 Å². The van der Waals surface area contributed by atoms with Crippen molar-refractivity contribution in [1.29, 1.82) is 0 Å². The number of hydrogen-bond donors (Lipinski definition) is 27. The van der Waals surface area contributed by atoms with E-state index < -0.39 is 323 Å². The summed E-state index contributed by atoms with van der Waals surface area (Å²) in [5.41, 5.74) is 0. The third-order valence-electron chi connectivity index (χ3n) is 26.1. The van der Waals surface area contributed by atoms with E-state index >= 15 is 0 Å². The molecule has 27 N–H and O–H groups in total. The summed E-state index contributed by atoms with van der Waals surface area (Å²) < 4.78 is 93.0. The summed E-state index contributed by atoms with van der Waals surface area (Å²) in [6.45, 7) is -3.49. The number of hydrogen-bond acceptors (Lipinski definition) is 43. The number of aliphatic hydroxyl groups is 25. The van der Waals surface area contributed by atoms with Crippen molar-refractivity contribution >= 4 is 11.8 Å². The summed E-state index contributed by atoms with van der Waals surface area (Å²) in [5, 5.41) is 286. The molecule has 0 saturated carbocycles. The molecular weight excluding hydrogens is 1770 g/mol. The quantitative estimate of drug-likeness (QED) is 0.0199. The van der Waals surface area contributed by atoms with E-state index in [0.29, 0.717) is 12.8 Å². The third-order valence-corrected chi connectivity index (χ3v) is 26.1. The second-order valence-corrected chi connectivity index (χ2v) is 36.2. The minimum Gasteiger partial charge on any atom is -0.394 e. The van der Waals surface area contributed by atoms with Crippen LogP contribution in [0.1, 0.15) is 213 Å². The van der Waals surface area contributed by atoms with Crippen LogP contribution >= 0.6 is 0 Å². The first kappa shape index (κ1) is 115. The standard InChI is InChI=1S/C88H158N2O43/c1-4-6-8-10-12-14-16-18-19-20-21-23-25-27-29-31-33-35-56(101)90-46(47(100)34-32-30-28-26-24-22-17-15-13-11-9-7-5-2)44-118-82-67(111)65(109)74(54(42-97)125-82)127-83-68(112)66(110)75(55(43-98)126-83)128-84-70(114)77(60(104)50(38-93)120-84)130-86-72(116)79(62(106)52(40-95)122-86)132-88-73(117)80(63(107)53(41-96)124-88)133-87-71(115)78(61(105)51(39-94)123-87)131-85-69(113)76(59(103)49(37-92)121-85)129-81-57(89-45(3)99)64(108)58(102)48(36-91)119-81/h32,34,46-55,57-88,91-98,100,102-117H,4-31,33,35-44H2,1-3H3,(H,89,99)(H,90,101)/b34-32+/t46-,47+,48?,49?,50?,51?,52?,53?,54?,55?,57?,58-,59-,60-,61-,62-,63-,64+,65+,66+,67?,68?,69?,70?,71?,72?,73?,74+,75-,76-,77-,78-,79-,80-,81-,82+,83-,84-,85+,86+,87+,88+/m0/s1. The van der Waals surface area contributed by atoms with Crippen LogP contribution in [0.3, 0.4) is 0 Å². The first-order valence-corrected chi connectivity index (χ1v) is 48.0. The molecule has 8 aliphatic heterocycles. The molecular formula is C88H158N2O43. The van der Waals surface area contributed by atoms with Gasteiger partial charge >= 0.3 is 0 Å². The Balaban J connectivity index is 0.869. The molecule has 8 aliphatic rings. The Hall–Kier alpha value is -2.96. The van der Waals surface area contributed by atoms with Gasteiger partial charge in [0.25, 0.3) is 0 Å².